The summed E-state index contributed by atoms with van der Waals surface area (Å²) in [5.74, 6) is -0.0541. The molecule has 0 aromatic heterocycles. The number of halogens is 1. The van der Waals surface area contributed by atoms with Crippen molar-refractivity contribution in [1.29, 1.82) is 0 Å². The van der Waals surface area contributed by atoms with Crippen LogP contribution in [-0.4, -0.2) is 40.9 Å². The summed E-state index contributed by atoms with van der Waals surface area (Å²) in [4.78, 5) is 12.2. The summed E-state index contributed by atoms with van der Waals surface area (Å²) in [6.45, 7) is 0.165. The molecular weight excluding hydrogens is 366 g/mol. The fourth-order valence-corrected chi connectivity index (χ4v) is 2.72. The van der Waals surface area contributed by atoms with Crippen LogP contribution in [0.2, 0.25) is 5.02 Å². The Balaban J connectivity index is 1.97. The predicted molar refractivity (Wildman–Crippen MR) is 96.9 cm³/mol. The molecule has 0 aliphatic carbocycles. The van der Waals surface area contributed by atoms with Gasteiger partial charge >= 0.3 is 5.97 Å². The quantitative estimate of drug-likeness (QED) is 0.543. The van der Waals surface area contributed by atoms with Crippen LogP contribution in [0.15, 0.2) is 48.5 Å². The minimum atomic E-state index is -3.49. The predicted octanol–water partition coefficient (Wildman–Crippen LogP) is 2.97. The van der Waals surface area contributed by atoms with Gasteiger partial charge in [-0.15, -0.1) is 0 Å². The number of sulfonamides is 1. The third kappa shape index (κ3) is 5.37. The second-order valence-corrected chi connectivity index (χ2v) is 7.64. The highest BCUT2D eigenvalue weighted by Gasteiger charge is 2.20. The van der Waals surface area contributed by atoms with Gasteiger partial charge < -0.3 is 9.47 Å². The van der Waals surface area contributed by atoms with E-state index in [0.717, 1.165) is 10.6 Å². The molecule has 0 amide bonds. The first kappa shape index (κ1) is 19.1. The van der Waals surface area contributed by atoms with Gasteiger partial charge in [0.05, 0.1) is 17.5 Å². The molecule has 8 heteroatoms. The van der Waals surface area contributed by atoms with Crippen LogP contribution in [0.25, 0.3) is 0 Å². The number of hydrogen-bond donors (Lipinski definition) is 0. The van der Waals surface area contributed by atoms with Gasteiger partial charge in [0.25, 0.3) is 0 Å². The largest absolute Gasteiger partial charge is 0.490 e. The van der Waals surface area contributed by atoms with Crippen LogP contribution in [-0.2, 0) is 14.8 Å². The van der Waals surface area contributed by atoms with Gasteiger partial charge in [-0.1, -0.05) is 29.8 Å². The van der Waals surface area contributed by atoms with E-state index in [0.29, 0.717) is 10.8 Å². The molecule has 0 spiro atoms. The molecule has 0 aliphatic heterocycles. The van der Waals surface area contributed by atoms with Gasteiger partial charge in [0.15, 0.2) is 0 Å². The number of benzene rings is 2. The summed E-state index contributed by atoms with van der Waals surface area (Å²) < 4.78 is 35.0. The van der Waals surface area contributed by atoms with Crippen molar-refractivity contribution in [3.63, 3.8) is 0 Å². The van der Waals surface area contributed by atoms with Gasteiger partial charge in [0.1, 0.15) is 19.0 Å². The first-order chi connectivity index (χ1) is 11.8. The van der Waals surface area contributed by atoms with Crippen LogP contribution in [0.1, 0.15) is 10.4 Å². The van der Waals surface area contributed by atoms with Crippen molar-refractivity contribution in [2.45, 2.75) is 0 Å². The molecule has 0 saturated carbocycles. The molecule has 0 atom stereocenters. The molecule has 0 bridgehead atoms. The molecule has 0 N–H and O–H groups in total. The smallest absolute Gasteiger partial charge is 0.340 e. The van der Waals surface area contributed by atoms with Gasteiger partial charge in [-0.2, -0.15) is 0 Å². The van der Waals surface area contributed by atoms with Crippen LogP contribution < -0.4 is 9.04 Å². The summed E-state index contributed by atoms with van der Waals surface area (Å²) in [6, 6.07) is 13.2. The van der Waals surface area contributed by atoms with Crippen molar-refractivity contribution in [3.8, 4) is 5.75 Å². The van der Waals surface area contributed by atoms with E-state index in [4.69, 9.17) is 21.1 Å². The topological polar surface area (TPSA) is 72.9 Å². The number of hydrogen-bond acceptors (Lipinski definition) is 5. The summed E-state index contributed by atoms with van der Waals surface area (Å²) in [5.41, 5.74) is 0.420. The molecule has 0 aliphatic rings. The molecule has 0 fully saturated rings. The number of esters is 1. The lowest BCUT2D eigenvalue weighted by Crippen LogP contribution is -2.27. The van der Waals surface area contributed by atoms with Crippen molar-refractivity contribution < 1.29 is 22.7 Å². The lowest BCUT2D eigenvalue weighted by Gasteiger charge is -2.19. The molecule has 0 unspecified atom stereocenters. The molecule has 2 rings (SSSR count). The number of rotatable bonds is 7. The highest BCUT2D eigenvalue weighted by Crippen LogP contribution is 2.22. The zero-order chi connectivity index (χ0) is 18.4. The number of ether oxygens (including phenoxy) is 2. The molecule has 6 nitrogen and oxygen atoms in total. The lowest BCUT2D eigenvalue weighted by molar-refractivity contribution is 0.0451. The maximum absolute atomic E-state index is 12.2. The fraction of sp³-hybridized carbons (Fsp3) is 0.235. The van der Waals surface area contributed by atoms with Crippen LogP contribution in [0.5, 0.6) is 5.75 Å². The van der Waals surface area contributed by atoms with E-state index >= 15 is 0 Å². The van der Waals surface area contributed by atoms with Gasteiger partial charge in [-0.05, 0) is 30.3 Å². The first-order valence-corrected chi connectivity index (χ1v) is 9.60. The summed E-state index contributed by atoms with van der Waals surface area (Å²) in [5, 5.41) is 0.548. The molecule has 0 heterocycles. The Morgan fingerprint density at radius 2 is 1.84 bits per heavy atom. The Labute approximate surface area is 152 Å². The van der Waals surface area contributed by atoms with Crippen LogP contribution >= 0.6 is 11.6 Å². The second-order valence-electron chi connectivity index (χ2n) is 5.19. The number of carbonyl (C=O) groups is 1. The molecule has 25 heavy (non-hydrogen) atoms. The molecule has 0 radical (unpaired) electrons. The third-order valence-corrected chi connectivity index (χ3v) is 4.77. The van der Waals surface area contributed by atoms with E-state index in [1.54, 1.807) is 42.5 Å². The van der Waals surface area contributed by atoms with E-state index in [1.807, 2.05) is 0 Å². The summed E-state index contributed by atoms with van der Waals surface area (Å²) in [7, 11) is -2.11. The summed E-state index contributed by atoms with van der Waals surface area (Å²) in [6.07, 6.45) is 1.06. The van der Waals surface area contributed by atoms with Gasteiger partial charge in [-0.3, -0.25) is 4.31 Å². The number of anilines is 1. The van der Waals surface area contributed by atoms with Crippen LogP contribution in [0.3, 0.4) is 0 Å². The number of carbonyl (C=O) groups excluding carboxylic acids is 1. The van der Waals surface area contributed by atoms with Crippen molar-refractivity contribution in [2.75, 3.05) is 30.8 Å². The van der Waals surface area contributed by atoms with E-state index in [2.05, 4.69) is 0 Å². The standard InChI is InChI=1S/C17H18ClNO5S/c1-19(25(2,21)22)16-9-4-3-8-15(16)17(20)24-11-10-23-14-7-5-6-13(18)12-14/h3-9,12H,10-11H2,1-2H3. The maximum atomic E-state index is 12.2. The van der Waals surface area contributed by atoms with Crippen LogP contribution in [0, 0.1) is 0 Å². The van der Waals surface area contributed by atoms with Crippen molar-refractivity contribution >= 4 is 33.3 Å². The minimum absolute atomic E-state index is 0.0161. The highest BCUT2D eigenvalue weighted by atomic mass is 35.5. The second kappa shape index (κ2) is 8.22. The Morgan fingerprint density at radius 1 is 1.12 bits per heavy atom. The SMILES string of the molecule is CN(c1ccccc1C(=O)OCCOc1cccc(Cl)c1)S(C)(=O)=O. The fourth-order valence-electron chi connectivity index (χ4n) is 2.03. The van der Waals surface area contributed by atoms with Crippen LogP contribution in [0.4, 0.5) is 5.69 Å². The molecule has 2 aromatic carbocycles. The Morgan fingerprint density at radius 3 is 2.52 bits per heavy atom. The first-order valence-electron chi connectivity index (χ1n) is 7.37. The minimum Gasteiger partial charge on any atom is -0.490 e. The molecule has 0 saturated heterocycles. The number of nitrogens with zero attached hydrogens (tertiary/aromatic N) is 1. The summed E-state index contributed by atoms with van der Waals surface area (Å²) >= 11 is 5.85. The lowest BCUT2D eigenvalue weighted by atomic mass is 10.2. The zero-order valence-electron chi connectivity index (χ0n) is 13.8. The zero-order valence-corrected chi connectivity index (χ0v) is 15.4. The van der Waals surface area contributed by atoms with Crippen molar-refractivity contribution in [2.24, 2.45) is 0 Å². The van der Waals surface area contributed by atoms with Gasteiger partial charge in [0, 0.05) is 12.1 Å². The average Bonchev–Trinajstić information content (AvgIpc) is 2.57. The van der Waals surface area contributed by atoms with E-state index in [9.17, 15) is 13.2 Å². The number of para-hydroxylation sites is 1. The molecule has 2 aromatic rings. The van der Waals surface area contributed by atoms with Crippen molar-refractivity contribution in [1.82, 2.24) is 0 Å². The van der Waals surface area contributed by atoms with Gasteiger partial charge in [-0.25, -0.2) is 13.2 Å². The van der Waals surface area contributed by atoms with E-state index < -0.39 is 16.0 Å². The van der Waals surface area contributed by atoms with Crippen molar-refractivity contribution in [3.05, 3.63) is 59.1 Å². The normalized spacial score (nSPS) is 11.0. The Bertz CT molecular complexity index is 854. The third-order valence-electron chi connectivity index (χ3n) is 3.34. The van der Waals surface area contributed by atoms with Gasteiger partial charge in [0.2, 0.25) is 10.0 Å². The maximum Gasteiger partial charge on any atom is 0.340 e. The average molecular weight is 384 g/mol. The Hall–Kier alpha value is -2.25. The van der Waals surface area contributed by atoms with E-state index in [1.165, 1.54) is 13.1 Å². The van der Waals surface area contributed by atoms with E-state index in [-0.39, 0.29) is 24.5 Å². The highest BCUT2D eigenvalue weighted by molar-refractivity contribution is 7.92. The monoisotopic (exact) mass is 383 g/mol. The Kier molecular flexibility index (Phi) is 6.27. The molecule has 134 valence electrons. The molecular formula is C17H18ClNO5S.